The summed E-state index contributed by atoms with van der Waals surface area (Å²) in [6.45, 7) is 0. The molecule has 3 nitrogen and oxygen atoms in total. The van der Waals surface area contributed by atoms with Crippen LogP contribution in [0.1, 0.15) is 10.4 Å². The van der Waals surface area contributed by atoms with Crippen molar-refractivity contribution in [2.24, 2.45) is 0 Å². The van der Waals surface area contributed by atoms with Gasteiger partial charge in [0, 0.05) is 5.56 Å². The van der Waals surface area contributed by atoms with Crippen molar-refractivity contribution in [3.05, 3.63) is 23.5 Å². The SMILES string of the molecule is COc1cc(C(=O)C(F)(F)F)cc(F)c1OC. The number of ketones is 1. The van der Waals surface area contributed by atoms with Crippen LogP contribution in [0.25, 0.3) is 0 Å². The molecule has 0 bridgehead atoms. The van der Waals surface area contributed by atoms with Gasteiger partial charge in [-0.2, -0.15) is 13.2 Å². The van der Waals surface area contributed by atoms with E-state index in [2.05, 4.69) is 9.47 Å². The summed E-state index contributed by atoms with van der Waals surface area (Å²) in [7, 11) is 2.26. The van der Waals surface area contributed by atoms with Gasteiger partial charge in [0.1, 0.15) is 0 Å². The van der Waals surface area contributed by atoms with Crippen molar-refractivity contribution >= 4 is 5.78 Å². The van der Waals surface area contributed by atoms with Crippen LogP contribution in [-0.4, -0.2) is 26.2 Å². The number of ether oxygens (including phenoxy) is 2. The molecular formula is C10H8F4O3. The molecule has 1 rings (SSSR count). The molecule has 0 heterocycles. The Bertz CT molecular complexity index is 440. The van der Waals surface area contributed by atoms with Gasteiger partial charge in [-0.15, -0.1) is 0 Å². The van der Waals surface area contributed by atoms with Crippen molar-refractivity contribution in [3.63, 3.8) is 0 Å². The third kappa shape index (κ3) is 2.66. The zero-order valence-corrected chi connectivity index (χ0v) is 8.89. The van der Waals surface area contributed by atoms with E-state index in [4.69, 9.17) is 0 Å². The number of halogens is 4. The van der Waals surface area contributed by atoms with Gasteiger partial charge in [0.15, 0.2) is 17.3 Å². The van der Waals surface area contributed by atoms with Crippen LogP contribution in [0.5, 0.6) is 11.5 Å². The minimum atomic E-state index is -5.06. The normalized spacial score (nSPS) is 11.2. The fourth-order valence-electron chi connectivity index (χ4n) is 1.21. The van der Waals surface area contributed by atoms with E-state index >= 15 is 0 Å². The largest absolute Gasteiger partial charge is 0.493 e. The molecule has 0 spiro atoms. The third-order valence-corrected chi connectivity index (χ3v) is 1.95. The zero-order valence-electron chi connectivity index (χ0n) is 8.89. The molecule has 0 amide bonds. The van der Waals surface area contributed by atoms with Gasteiger partial charge in [0.25, 0.3) is 5.78 Å². The molecule has 0 atom stereocenters. The Kier molecular flexibility index (Phi) is 3.59. The fraction of sp³-hybridized carbons (Fsp3) is 0.300. The molecule has 0 saturated heterocycles. The number of hydrogen-bond donors (Lipinski definition) is 0. The average Bonchev–Trinajstić information content (AvgIpc) is 2.25. The quantitative estimate of drug-likeness (QED) is 0.612. The number of carbonyl (C=O) groups is 1. The van der Waals surface area contributed by atoms with E-state index in [1.807, 2.05) is 0 Å². The molecular weight excluding hydrogens is 244 g/mol. The van der Waals surface area contributed by atoms with E-state index < -0.39 is 23.3 Å². The highest BCUT2D eigenvalue weighted by atomic mass is 19.4. The summed E-state index contributed by atoms with van der Waals surface area (Å²) in [6, 6.07) is 1.23. The van der Waals surface area contributed by atoms with Crippen LogP contribution in [0, 0.1) is 5.82 Å². The molecule has 0 aliphatic heterocycles. The summed E-state index contributed by atoms with van der Waals surface area (Å²) >= 11 is 0. The molecule has 0 fully saturated rings. The van der Waals surface area contributed by atoms with Crippen molar-refractivity contribution < 1.29 is 31.8 Å². The summed E-state index contributed by atoms with van der Waals surface area (Å²) in [5.41, 5.74) is -0.840. The molecule has 7 heteroatoms. The Hall–Kier alpha value is -1.79. The Morgan fingerprint density at radius 3 is 2.18 bits per heavy atom. The van der Waals surface area contributed by atoms with Crippen LogP contribution in [0.15, 0.2) is 12.1 Å². The summed E-state index contributed by atoms with van der Waals surface area (Å²) in [4.78, 5) is 10.9. The topological polar surface area (TPSA) is 35.5 Å². The average molecular weight is 252 g/mol. The molecule has 0 radical (unpaired) electrons. The molecule has 0 unspecified atom stereocenters. The number of methoxy groups -OCH3 is 2. The molecule has 0 aliphatic carbocycles. The monoisotopic (exact) mass is 252 g/mol. The lowest BCUT2D eigenvalue weighted by molar-refractivity contribution is -0.0885. The second kappa shape index (κ2) is 4.60. The third-order valence-electron chi connectivity index (χ3n) is 1.95. The predicted octanol–water partition coefficient (Wildman–Crippen LogP) is 2.59. The number of carbonyl (C=O) groups excluding carboxylic acids is 1. The second-order valence-electron chi connectivity index (χ2n) is 3.02. The summed E-state index contributed by atoms with van der Waals surface area (Å²) < 4.78 is 59.0. The Labute approximate surface area is 93.9 Å². The van der Waals surface area contributed by atoms with Gasteiger partial charge in [-0.25, -0.2) is 4.39 Å². The Morgan fingerprint density at radius 1 is 1.18 bits per heavy atom. The van der Waals surface area contributed by atoms with Gasteiger partial charge in [-0.1, -0.05) is 0 Å². The van der Waals surface area contributed by atoms with Gasteiger partial charge in [-0.05, 0) is 12.1 Å². The lowest BCUT2D eigenvalue weighted by Gasteiger charge is -2.11. The van der Waals surface area contributed by atoms with Crippen molar-refractivity contribution in [1.82, 2.24) is 0 Å². The van der Waals surface area contributed by atoms with Gasteiger partial charge >= 0.3 is 6.18 Å². The van der Waals surface area contributed by atoms with Crippen molar-refractivity contribution in [2.45, 2.75) is 6.18 Å². The van der Waals surface area contributed by atoms with Crippen LogP contribution in [-0.2, 0) is 0 Å². The number of Topliss-reactive ketones (excluding diaryl/α,β-unsaturated/α-hetero) is 1. The van der Waals surface area contributed by atoms with E-state index in [-0.39, 0.29) is 11.5 Å². The van der Waals surface area contributed by atoms with E-state index in [9.17, 15) is 22.4 Å². The first-order chi connectivity index (χ1) is 7.81. The van der Waals surface area contributed by atoms with Gasteiger partial charge in [0.05, 0.1) is 14.2 Å². The standard InChI is InChI=1S/C10H8F4O3/c1-16-7-4-5(9(15)10(12,13)14)3-6(11)8(7)17-2/h3-4H,1-2H3. The van der Waals surface area contributed by atoms with E-state index in [0.717, 1.165) is 20.3 Å². The summed E-state index contributed by atoms with van der Waals surface area (Å²) in [6.07, 6.45) is -5.06. The maximum atomic E-state index is 13.3. The first-order valence-corrected chi connectivity index (χ1v) is 4.34. The molecule has 0 N–H and O–H groups in total. The number of benzene rings is 1. The molecule has 0 aromatic heterocycles. The minimum absolute atomic E-state index is 0.278. The molecule has 0 aliphatic rings. The van der Waals surface area contributed by atoms with E-state index in [1.54, 1.807) is 0 Å². The van der Waals surface area contributed by atoms with Crippen LogP contribution in [0.4, 0.5) is 17.6 Å². The maximum Gasteiger partial charge on any atom is 0.454 e. The summed E-state index contributed by atoms with van der Waals surface area (Å²) in [5, 5.41) is 0. The lowest BCUT2D eigenvalue weighted by atomic mass is 10.1. The van der Waals surface area contributed by atoms with Crippen LogP contribution in [0.2, 0.25) is 0 Å². The van der Waals surface area contributed by atoms with E-state index in [1.165, 1.54) is 0 Å². The van der Waals surface area contributed by atoms with Gasteiger partial charge in [-0.3, -0.25) is 4.79 Å². The highest BCUT2D eigenvalue weighted by molar-refractivity contribution is 6.00. The lowest BCUT2D eigenvalue weighted by Crippen LogP contribution is -2.23. The summed E-state index contributed by atoms with van der Waals surface area (Å²) in [5.74, 6) is -3.87. The van der Waals surface area contributed by atoms with Crippen LogP contribution >= 0.6 is 0 Å². The van der Waals surface area contributed by atoms with E-state index in [0.29, 0.717) is 6.07 Å². The predicted molar refractivity (Wildman–Crippen MR) is 49.9 cm³/mol. The molecule has 1 aromatic rings. The first-order valence-electron chi connectivity index (χ1n) is 4.34. The minimum Gasteiger partial charge on any atom is -0.493 e. The van der Waals surface area contributed by atoms with Crippen LogP contribution < -0.4 is 9.47 Å². The fourth-order valence-corrected chi connectivity index (χ4v) is 1.21. The van der Waals surface area contributed by atoms with Crippen molar-refractivity contribution in [3.8, 4) is 11.5 Å². The van der Waals surface area contributed by atoms with Gasteiger partial charge < -0.3 is 9.47 Å². The van der Waals surface area contributed by atoms with Crippen LogP contribution in [0.3, 0.4) is 0 Å². The van der Waals surface area contributed by atoms with Crippen molar-refractivity contribution in [2.75, 3.05) is 14.2 Å². The van der Waals surface area contributed by atoms with Crippen molar-refractivity contribution in [1.29, 1.82) is 0 Å². The molecule has 1 aromatic carbocycles. The molecule has 94 valence electrons. The number of hydrogen-bond acceptors (Lipinski definition) is 3. The zero-order chi connectivity index (χ0) is 13.2. The number of rotatable bonds is 3. The Morgan fingerprint density at radius 2 is 1.76 bits per heavy atom. The maximum absolute atomic E-state index is 13.3. The molecule has 17 heavy (non-hydrogen) atoms. The first kappa shape index (κ1) is 13.3. The smallest absolute Gasteiger partial charge is 0.454 e. The molecule has 0 saturated carbocycles. The number of alkyl halides is 3. The van der Waals surface area contributed by atoms with Gasteiger partial charge in [0.2, 0.25) is 0 Å². The highest BCUT2D eigenvalue weighted by Gasteiger charge is 2.40. The second-order valence-corrected chi connectivity index (χ2v) is 3.02. The highest BCUT2D eigenvalue weighted by Crippen LogP contribution is 2.33. The Balaban J connectivity index is 3.30.